The van der Waals surface area contributed by atoms with Gasteiger partial charge < -0.3 is 0 Å². The molecule has 1 saturated carbocycles. The van der Waals surface area contributed by atoms with Gasteiger partial charge in [0.25, 0.3) is 0 Å². The number of allylic oxidation sites excluding steroid dienone is 1. The standard InChI is InChI=1S/C21H26FNO/c1-13(2)10-17-15(4)23(21(24)16-8-6-5-7-9-16)20-12-19(22)14(3)11-18(17)20/h11-12,16H,1,5-10H2,2-4H3. The lowest BCUT2D eigenvalue weighted by Gasteiger charge is -2.22. The van der Waals surface area contributed by atoms with Gasteiger partial charge in [0, 0.05) is 17.0 Å². The van der Waals surface area contributed by atoms with Crippen LogP contribution in [0, 0.1) is 25.6 Å². The van der Waals surface area contributed by atoms with Crippen molar-refractivity contribution in [1.82, 2.24) is 4.57 Å². The minimum Gasteiger partial charge on any atom is -0.284 e. The number of carbonyl (C=O) groups is 1. The summed E-state index contributed by atoms with van der Waals surface area (Å²) >= 11 is 0. The van der Waals surface area contributed by atoms with Gasteiger partial charge in [-0.05, 0) is 63.3 Å². The second kappa shape index (κ2) is 6.54. The van der Waals surface area contributed by atoms with Gasteiger partial charge in [-0.25, -0.2) is 4.39 Å². The second-order valence-electron chi connectivity index (χ2n) is 7.32. The van der Waals surface area contributed by atoms with Crippen molar-refractivity contribution in [2.75, 3.05) is 0 Å². The van der Waals surface area contributed by atoms with Crippen LogP contribution >= 0.6 is 0 Å². The number of fused-ring (bicyclic) bond motifs is 1. The molecule has 128 valence electrons. The Hall–Kier alpha value is -1.90. The molecule has 3 heteroatoms. The summed E-state index contributed by atoms with van der Waals surface area (Å²) in [5, 5.41) is 0.985. The maximum Gasteiger partial charge on any atom is 0.234 e. The first-order valence-corrected chi connectivity index (χ1v) is 8.88. The average Bonchev–Trinajstić information content (AvgIpc) is 2.80. The van der Waals surface area contributed by atoms with Crippen LogP contribution in [-0.2, 0) is 6.42 Å². The zero-order valence-electron chi connectivity index (χ0n) is 14.9. The summed E-state index contributed by atoms with van der Waals surface area (Å²) in [6.07, 6.45) is 6.05. The molecule has 0 unspecified atom stereocenters. The highest BCUT2D eigenvalue weighted by Crippen LogP contribution is 2.33. The molecule has 1 fully saturated rings. The third-order valence-electron chi connectivity index (χ3n) is 5.27. The predicted molar refractivity (Wildman–Crippen MR) is 97.1 cm³/mol. The Morgan fingerprint density at radius 1 is 1.25 bits per heavy atom. The number of hydrogen-bond acceptors (Lipinski definition) is 1. The van der Waals surface area contributed by atoms with Crippen molar-refractivity contribution in [1.29, 1.82) is 0 Å². The maximum atomic E-state index is 14.2. The molecule has 2 nitrogen and oxygen atoms in total. The van der Waals surface area contributed by atoms with Crippen LogP contribution in [0.1, 0.15) is 60.6 Å². The summed E-state index contributed by atoms with van der Waals surface area (Å²) in [7, 11) is 0. The van der Waals surface area contributed by atoms with Gasteiger partial charge in [-0.2, -0.15) is 0 Å². The number of aromatic nitrogens is 1. The largest absolute Gasteiger partial charge is 0.284 e. The van der Waals surface area contributed by atoms with E-state index in [-0.39, 0.29) is 17.6 Å². The predicted octanol–water partition coefficient (Wildman–Crippen LogP) is 5.74. The van der Waals surface area contributed by atoms with Crippen LogP contribution < -0.4 is 0 Å². The van der Waals surface area contributed by atoms with E-state index < -0.39 is 0 Å². The van der Waals surface area contributed by atoms with Gasteiger partial charge in [0.15, 0.2) is 0 Å². The zero-order chi connectivity index (χ0) is 17.4. The normalized spacial score (nSPS) is 15.8. The molecule has 0 saturated heterocycles. The highest BCUT2D eigenvalue weighted by atomic mass is 19.1. The van der Waals surface area contributed by atoms with Gasteiger partial charge in [-0.1, -0.05) is 31.4 Å². The first-order chi connectivity index (χ1) is 11.4. The number of carbonyl (C=O) groups excluding carboxylic acids is 1. The van der Waals surface area contributed by atoms with Crippen molar-refractivity contribution in [2.24, 2.45) is 5.92 Å². The average molecular weight is 327 g/mol. The summed E-state index contributed by atoms with van der Waals surface area (Å²) in [4.78, 5) is 13.1. The Morgan fingerprint density at radius 2 is 1.92 bits per heavy atom. The topological polar surface area (TPSA) is 22.0 Å². The van der Waals surface area contributed by atoms with Crippen molar-refractivity contribution >= 4 is 16.8 Å². The third-order valence-corrected chi connectivity index (χ3v) is 5.27. The second-order valence-corrected chi connectivity index (χ2v) is 7.32. The van der Waals surface area contributed by atoms with Crippen LogP contribution in [0.15, 0.2) is 24.3 Å². The first kappa shape index (κ1) is 16.9. The van der Waals surface area contributed by atoms with Gasteiger partial charge in [0.1, 0.15) is 5.82 Å². The lowest BCUT2D eigenvalue weighted by molar-refractivity contribution is 0.0805. The lowest BCUT2D eigenvalue weighted by atomic mass is 9.88. The van der Waals surface area contributed by atoms with Crippen molar-refractivity contribution < 1.29 is 9.18 Å². The minimum absolute atomic E-state index is 0.0649. The number of halogens is 1. The van der Waals surface area contributed by atoms with Crippen LogP contribution in [-0.4, -0.2) is 10.5 Å². The quantitative estimate of drug-likeness (QED) is 0.659. The molecule has 1 aromatic carbocycles. The molecule has 1 aliphatic carbocycles. The number of nitrogens with zero attached hydrogens (tertiary/aromatic N) is 1. The number of aryl methyl sites for hydroxylation is 1. The van der Waals surface area contributed by atoms with Crippen molar-refractivity contribution in [3.63, 3.8) is 0 Å². The Kier molecular flexibility index (Phi) is 4.62. The Balaban J connectivity index is 2.18. The van der Waals surface area contributed by atoms with E-state index in [0.717, 1.165) is 54.3 Å². The van der Waals surface area contributed by atoms with Crippen molar-refractivity contribution in [2.45, 2.75) is 59.3 Å². The van der Waals surface area contributed by atoms with E-state index in [1.165, 1.54) is 12.5 Å². The molecular formula is C21H26FNO. The van der Waals surface area contributed by atoms with Crippen molar-refractivity contribution in [3.8, 4) is 0 Å². The molecule has 2 aromatic rings. The molecule has 0 aliphatic heterocycles. The summed E-state index contributed by atoms with van der Waals surface area (Å²) in [5.41, 5.74) is 4.41. The number of rotatable bonds is 3. The minimum atomic E-state index is -0.250. The summed E-state index contributed by atoms with van der Waals surface area (Å²) in [6, 6.07) is 3.40. The smallest absolute Gasteiger partial charge is 0.234 e. The van der Waals surface area contributed by atoms with E-state index in [9.17, 15) is 9.18 Å². The lowest BCUT2D eigenvalue weighted by Crippen LogP contribution is -2.24. The Bertz CT molecular complexity index is 809. The molecule has 1 aliphatic rings. The van der Waals surface area contributed by atoms with E-state index in [4.69, 9.17) is 0 Å². The van der Waals surface area contributed by atoms with Gasteiger partial charge in [0.2, 0.25) is 5.91 Å². The molecule has 0 N–H and O–H groups in total. The summed E-state index contributed by atoms with van der Waals surface area (Å²) < 4.78 is 16.0. The third kappa shape index (κ3) is 2.92. The van der Waals surface area contributed by atoms with Gasteiger partial charge in [-0.3, -0.25) is 9.36 Å². The zero-order valence-corrected chi connectivity index (χ0v) is 14.9. The van der Waals surface area contributed by atoms with E-state index >= 15 is 0 Å². The van der Waals surface area contributed by atoms with E-state index in [2.05, 4.69) is 6.58 Å². The first-order valence-electron chi connectivity index (χ1n) is 8.88. The SMILES string of the molecule is C=C(C)Cc1c(C)n(C(=O)C2CCCCC2)c2cc(F)c(C)cc12. The van der Waals surface area contributed by atoms with Crippen LogP contribution in [0.3, 0.4) is 0 Å². The molecule has 0 amide bonds. The molecule has 0 radical (unpaired) electrons. The maximum absolute atomic E-state index is 14.2. The van der Waals surface area contributed by atoms with Crippen LogP contribution in [0.25, 0.3) is 10.9 Å². The van der Waals surface area contributed by atoms with E-state index in [0.29, 0.717) is 11.1 Å². The van der Waals surface area contributed by atoms with Crippen LogP contribution in [0.5, 0.6) is 0 Å². The fraction of sp³-hybridized carbons (Fsp3) is 0.476. The highest BCUT2D eigenvalue weighted by molar-refractivity contribution is 5.97. The summed E-state index contributed by atoms with van der Waals surface area (Å²) in [5.74, 6) is -0.0527. The van der Waals surface area contributed by atoms with Gasteiger partial charge in [-0.15, -0.1) is 0 Å². The fourth-order valence-corrected chi connectivity index (χ4v) is 3.95. The highest BCUT2D eigenvalue weighted by Gasteiger charge is 2.27. The van der Waals surface area contributed by atoms with E-state index in [1.807, 2.05) is 19.9 Å². The molecule has 24 heavy (non-hydrogen) atoms. The molecule has 0 spiro atoms. The molecule has 1 heterocycles. The van der Waals surface area contributed by atoms with Crippen molar-refractivity contribution in [3.05, 3.63) is 46.9 Å². The number of benzene rings is 1. The Labute approximate surface area is 143 Å². The van der Waals surface area contributed by atoms with Gasteiger partial charge >= 0.3 is 0 Å². The van der Waals surface area contributed by atoms with E-state index in [1.54, 1.807) is 11.5 Å². The monoisotopic (exact) mass is 327 g/mol. The van der Waals surface area contributed by atoms with Crippen LogP contribution in [0.4, 0.5) is 4.39 Å². The molecule has 3 rings (SSSR count). The number of hydrogen-bond donors (Lipinski definition) is 0. The Morgan fingerprint density at radius 3 is 2.54 bits per heavy atom. The summed E-state index contributed by atoms with van der Waals surface area (Å²) in [6.45, 7) is 9.75. The van der Waals surface area contributed by atoms with Crippen LogP contribution in [0.2, 0.25) is 0 Å². The molecule has 0 bridgehead atoms. The molecule has 0 atom stereocenters. The fourth-order valence-electron chi connectivity index (χ4n) is 3.95. The molecule has 1 aromatic heterocycles. The molecular weight excluding hydrogens is 301 g/mol. The van der Waals surface area contributed by atoms with Gasteiger partial charge in [0.05, 0.1) is 5.52 Å².